The average molecular weight is 343 g/mol. The number of nitrogens with zero attached hydrogens (tertiary/aromatic N) is 2. The Labute approximate surface area is 147 Å². The summed E-state index contributed by atoms with van der Waals surface area (Å²) in [5.41, 5.74) is 0.959. The molecule has 1 N–H and O–H groups in total. The molecule has 25 heavy (non-hydrogen) atoms. The Morgan fingerprint density at radius 3 is 2.44 bits per heavy atom. The maximum absolute atomic E-state index is 12.8. The Morgan fingerprint density at radius 1 is 1.12 bits per heavy atom. The van der Waals surface area contributed by atoms with Gasteiger partial charge in [0.15, 0.2) is 0 Å². The Hall–Kier alpha value is -2.34. The third-order valence-corrected chi connectivity index (χ3v) is 4.46. The number of hydrogen-bond acceptors (Lipinski definition) is 4. The van der Waals surface area contributed by atoms with Crippen LogP contribution in [-0.4, -0.2) is 47.5 Å². The Bertz CT molecular complexity index is 811. The van der Waals surface area contributed by atoms with Crippen LogP contribution < -0.4 is 10.1 Å². The summed E-state index contributed by atoms with van der Waals surface area (Å²) in [5, 5.41) is 4.21. The molecule has 1 aromatic carbocycles. The van der Waals surface area contributed by atoms with E-state index in [-0.39, 0.29) is 11.9 Å². The zero-order chi connectivity index (χ0) is 18.2. The third kappa shape index (κ3) is 3.54. The molecule has 0 atom stereocenters. The maximum Gasteiger partial charge on any atom is 0.316 e. The van der Waals surface area contributed by atoms with Crippen LogP contribution in [0.15, 0.2) is 24.3 Å². The van der Waals surface area contributed by atoms with Crippen molar-refractivity contribution in [2.24, 2.45) is 12.5 Å². The lowest BCUT2D eigenvalue weighted by Crippen LogP contribution is -2.46. The molecular weight excluding hydrogens is 318 g/mol. The zero-order valence-corrected chi connectivity index (χ0v) is 15.3. The first-order valence-corrected chi connectivity index (χ1v) is 8.59. The van der Waals surface area contributed by atoms with Crippen molar-refractivity contribution in [3.8, 4) is 5.75 Å². The molecule has 0 aliphatic carbocycles. The summed E-state index contributed by atoms with van der Waals surface area (Å²) in [6, 6.07) is 7.36. The molecule has 1 fully saturated rings. The largest absolute Gasteiger partial charge is 0.426 e. The van der Waals surface area contributed by atoms with Crippen LogP contribution in [-0.2, 0) is 11.8 Å². The van der Waals surface area contributed by atoms with Gasteiger partial charge in [-0.15, -0.1) is 0 Å². The predicted molar refractivity (Wildman–Crippen MR) is 96.8 cm³/mol. The summed E-state index contributed by atoms with van der Waals surface area (Å²) in [5.74, 6) is 0.251. The number of piperazine rings is 1. The lowest BCUT2D eigenvalue weighted by atomic mass is 9.97. The summed E-state index contributed by atoms with van der Waals surface area (Å²) in [6.45, 7) is 8.54. The fourth-order valence-electron chi connectivity index (χ4n) is 2.87. The van der Waals surface area contributed by atoms with Gasteiger partial charge in [0.2, 0.25) is 0 Å². The Balaban J connectivity index is 1.89. The van der Waals surface area contributed by atoms with E-state index in [2.05, 4.69) is 5.32 Å². The molecule has 2 aromatic rings. The highest BCUT2D eigenvalue weighted by atomic mass is 16.5. The molecule has 1 aliphatic heterocycles. The third-order valence-electron chi connectivity index (χ3n) is 4.46. The number of amides is 1. The number of carbonyl (C=O) groups is 2. The Morgan fingerprint density at radius 2 is 1.80 bits per heavy atom. The molecule has 0 unspecified atom stereocenters. The number of benzene rings is 1. The molecule has 6 heteroatoms. The molecule has 3 rings (SSSR count). The standard InChI is InChI=1S/C19H25N3O3/c1-19(2,3)18(24)25-14-6-5-13-11-16(21(4)15(13)12-14)17(23)22-9-7-20-8-10-22/h5-6,11-12,20H,7-10H2,1-4H3. The highest BCUT2D eigenvalue weighted by molar-refractivity contribution is 5.99. The number of rotatable bonds is 2. The SMILES string of the molecule is Cn1c(C(=O)N2CCNCC2)cc2ccc(OC(=O)C(C)(C)C)cc21. The molecule has 1 amide bonds. The van der Waals surface area contributed by atoms with Crippen molar-refractivity contribution >= 4 is 22.8 Å². The lowest BCUT2D eigenvalue weighted by molar-refractivity contribution is -0.142. The first-order chi connectivity index (χ1) is 11.8. The Kier molecular flexibility index (Phi) is 4.56. The number of aryl methyl sites for hydroxylation is 1. The molecule has 0 radical (unpaired) electrons. The lowest BCUT2D eigenvalue weighted by Gasteiger charge is -2.27. The number of esters is 1. The van der Waals surface area contributed by atoms with Gasteiger partial charge >= 0.3 is 5.97 Å². The summed E-state index contributed by atoms with van der Waals surface area (Å²) < 4.78 is 7.34. The van der Waals surface area contributed by atoms with Crippen molar-refractivity contribution in [1.29, 1.82) is 0 Å². The van der Waals surface area contributed by atoms with Crippen molar-refractivity contribution in [3.05, 3.63) is 30.0 Å². The van der Waals surface area contributed by atoms with Crippen molar-refractivity contribution in [3.63, 3.8) is 0 Å². The molecule has 6 nitrogen and oxygen atoms in total. The zero-order valence-electron chi connectivity index (χ0n) is 15.3. The van der Waals surface area contributed by atoms with E-state index in [1.807, 2.05) is 55.5 Å². The molecular formula is C19H25N3O3. The van der Waals surface area contributed by atoms with E-state index >= 15 is 0 Å². The molecule has 134 valence electrons. The minimum Gasteiger partial charge on any atom is -0.426 e. The summed E-state index contributed by atoms with van der Waals surface area (Å²) in [7, 11) is 1.87. The molecule has 0 bridgehead atoms. The number of hydrogen-bond donors (Lipinski definition) is 1. The molecule has 1 aliphatic rings. The van der Waals surface area contributed by atoms with Crippen molar-refractivity contribution in [2.45, 2.75) is 20.8 Å². The van der Waals surface area contributed by atoms with Crippen molar-refractivity contribution in [2.75, 3.05) is 26.2 Å². The van der Waals surface area contributed by atoms with Gasteiger partial charge in [-0.3, -0.25) is 9.59 Å². The van der Waals surface area contributed by atoms with E-state index in [0.29, 0.717) is 11.4 Å². The van der Waals surface area contributed by atoms with Crippen LogP contribution in [0.4, 0.5) is 0 Å². The van der Waals surface area contributed by atoms with Gasteiger partial charge in [-0.1, -0.05) is 0 Å². The van der Waals surface area contributed by atoms with Crippen molar-refractivity contribution < 1.29 is 14.3 Å². The highest BCUT2D eigenvalue weighted by Gasteiger charge is 2.25. The van der Waals surface area contributed by atoms with E-state index in [1.165, 1.54) is 0 Å². The van der Waals surface area contributed by atoms with Gasteiger partial charge in [0.1, 0.15) is 11.4 Å². The highest BCUT2D eigenvalue weighted by Crippen LogP contribution is 2.26. The smallest absolute Gasteiger partial charge is 0.316 e. The van der Waals surface area contributed by atoms with Crippen LogP contribution in [0, 0.1) is 5.41 Å². The van der Waals surface area contributed by atoms with E-state index in [0.717, 1.165) is 37.1 Å². The molecule has 2 heterocycles. The number of nitrogens with one attached hydrogen (secondary N) is 1. The normalized spacial score (nSPS) is 15.4. The van der Waals surface area contributed by atoms with Gasteiger partial charge < -0.3 is 19.5 Å². The second kappa shape index (κ2) is 6.52. The van der Waals surface area contributed by atoms with E-state index in [1.54, 1.807) is 6.07 Å². The first kappa shape index (κ1) is 17.5. The minimum atomic E-state index is -0.563. The fourth-order valence-corrected chi connectivity index (χ4v) is 2.87. The number of aromatic nitrogens is 1. The second-order valence-electron chi connectivity index (χ2n) is 7.49. The van der Waals surface area contributed by atoms with Gasteiger partial charge in [-0.25, -0.2) is 0 Å². The fraction of sp³-hybridized carbons (Fsp3) is 0.474. The molecule has 1 aromatic heterocycles. The summed E-state index contributed by atoms with van der Waals surface area (Å²) in [6.07, 6.45) is 0. The van der Waals surface area contributed by atoms with Crippen LogP contribution in [0.3, 0.4) is 0 Å². The van der Waals surface area contributed by atoms with Gasteiger partial charge in [0, 0.05) is 44.7 Å². The van der Waals surface area contributed by atoms with Gasteiger partial charge in [0.05, 0.1) is 10.9 Å². The van der Waals surface area contributed by atoms with Crippen LogP contribution in [0.1, 0.15) is 31.3 Å². The predicted octanol–water partition coefficient (Wildman–Crippen LogP) is 2.18. The van der Waals surface area contributed by atoms with Crippen molar-refractivity contribution in [1.82, 2.24) is 14.8 Å². The van der Waals surface area contributed by atoms with Crippen LogP contribution in [0.25, 0.3) is 10.9 Å². The second-order valence-corrected chi connectivity index (χ2v) is 7.49. The number of fused-ring (bicyclic) bond motifs is 1. The number of carbonyl (C=O) groups excluding carboxylic acids is 2. The van der Waals surface area contributed by atoms with Crippen LogP contribution in [0.5, 0.6) is 5.75 Å². The summed E-state index contributed by atoms with van der Waals surface area (Å²) >= 11 is 0. The van der Waals surface area contributed by atoms with Gasteiger partial charge in [-0.05, 0) is 39.0 Å². The first-order valence-electron chi connectivity index (χ1n) is 8.59. The topological polar surface area (TPSA) is 63.6 Å². The van der Waals surface area contributed by atoms with E-state index in [9.17, 15) is 9.59 Å². The monoisotopic (exact) mass is 343 g/mol. The average Bonchev–Trinajstić information content (AvgIpc) is 2.91. The van der Waals surface area contributed by atoms with Gasteiger partial charge in [-0.2, -0.15) is 0 Å². The molecule has 0 spiro atoms. The van der Waals surface area contributed by atoms with E-state index in [4.69, 9.17) is 4.74 Å². The van der Waals surface area contributed by atoms with Crippen LogP contribution >= 0.6 is 0 Å². The molecule has 1 saturated heterocycles. The number of ether oxygens (including phenoxy) is 1. The van der Waals surface area contributed by atoms with Crippen LogP contribution in [0.2, 0.25) is 0 Å². The van der Waals surface area contributed by atoms with E-state index < -0.39 is 5.41 Å². The molecule has 0 saturated carbocycles. The maximum atomic E-state index is 12.8. The van der Waals surface area contributed by atoms with Gasteiger partial charge in [0.25, 0.3) is 5.91 Å². The quantitative estimate of drug-likeness (QED) is 0.670. The minimum absolute atomic E-state index is 0.0356. The summed E-state index contributed by atoms with van der Waals surface area (Å²) in [4.78, 5) is 26.7.